The molecular weight excluding hydrogens is 200 g/mol. The molecule has 0 radical (unpaired) electrons. The second-order valence-electron chi connectivity index (χ2n) is 4.13. The summed E-state index contributed by atoms with van der Waals surface area (Å²) in [4.78, 5) is 11.6. The zero-order valence-corrected chi connectivity index (χ0v) is 10.3. The molecule has 3 heteroatoms. The zero-order chi connectivity index (χ0) is 11.8. The molecule has 16 heavy (non-hydrogen) atoms. The fraction of sp³-hybridized carbons (Fsp3) is 0.615. The Kier molecular flexibility index (Phi) is 5.86. The van der Waals surface area contributed by atoms with Gasteiger partial charge in [0.1, 0.15) is 0 Å². The highest BCUT2D eigenvalue weighted by molar-refractivity contribution is 4.93. The second-order valence-corrected chi connectivity index (χ2v) is 4.13. The molecule has 0 bridgehead atoms. The van der Waals surface area contributed by atoms with Gasteiger partial charge in [-0.15, -0.1) is 0 Å². The van der Waals surface area contributed by atoms with E-state index in [1.165, 1.54) is 0 Å². The average molecular weight is 222 g/mol. The lowest BCUT2D eigenvalue weighted by atomic mass is 10.1. The Labute approximate surface area is 97.5 Å². The topological polar surface area (TPSA) is 34.0 Å². The molecule has 0 aromatic carbocycles. The van der Waals surface area contributed by atoms with Crippen LogP contribution in [-0.4, -0.2) is 17.2 Å². The van der Waals surface area contributed by atoms with Crippen molar-refractivity contribution in [2.24, 2.45) is 0 Å². The molecule has 1 heterocycles. The van der Waals surface area contributed by atoms with E-state index >= 15 is 0 Å². The molecule has 1 N–H and O–H groups in total. The predicted octanol–water partition coefficient (Wildman–Crippen LogP) is 2.02. The maximum Gasteiger partial charge on any atom is 0.250 e. The van der Waals surface area contributed by atoms with Crippen LogP contribution >= 0.6 is 0 Å². The second kappa shape index (κ2) is 7.23. The smallest absolute Gasteiger partial charge is 0.250 e. The molecule has 1 aromatic heterocycles. The third-order valence-electron chi connectivity index (χ3n) is 2.64. The summed E-state index contributed by atoms with van der Waals surface area (Å²) in [5.74, 6) is 0. The molecule has 0 spiro atoms. The number of rotatable bonds is 7. The van der Waals surface area contributed by atoms with Gasteiger partial charge in [-0.05, 0) is 25.5 Å². The Bertz CT molecular complexity index is 346. The first-order valence-electron chi connectivity index (χ1n) is 6.16. The fourth-order valence-corrected chi connectivity index (χ4v) is 1.80. The summed E-state index contributed by atoms with van der Waals surface area (Å²) >= 11 is 0. The summed E-state index contributed by atoms with van der Waals surface area (Å²) in [6.45, 7) is 6.12. The summed E-state index contributed by atoms with van der Waals surface area (Å²) in [6.07, 6.45) is 5.24. The molecule has 1 aromatic rings. The summed E-state index contributed by atoms with van der Waals surface area (Å²) in [6, 6.07) is 5.71. The van der Waals surface area contributed by atoms with Crippen molar-refractivity contribution in [2.75, 3.05) is 6.54 Å². The lowest BCUT2D eigenvalue weighted by molar-refractivity contribution is 0.415. The van der Waals surface area contributed by atoms with Crippen LogP contribution in [0, 0.1) is 0 Å². The van der Waals surface area contributed by atoms with Crippen molar-refractivity contribution in [3.63, 3.8) is 0 Å². The summed E-state index contributed by atoms with van der Waals surface area (Å²) in [5, 5.41) is 3.49. The van der Waals surface area contributed by atoms with Crippen LogP contribution in [0.15, 0.2) is 29.2 Å². The molecule has 0 saturated carbocycles. The Morgan fingerprint density at radius 1 is 1.31 bits per heavy atom. The van der Waals surface area contributed by atoms with Crippen molar-refractivity contribution in [3.05, 3.63) is 34.7 Å². The zero-order valence-electron chi connectivity index (χ0n) is 10.3. The Hall–Kier alpha value is -1.09. The third kappa shape index (κ3) is 4.19. The van der Waals surface area contributed by atoms with Gasteiger partial charge < -0.3 is 9.88 Å². The van der Waals surface area contributed by atoms with Crippen molar-refractivity contribution in [2.45, 2.75) is 45.7 Å². The molecular formula is C13H22N2O. The van der Waals surface area contributed by atoms with E-state index in [4.69, 9.17) is 0 Å². The van der Waals surface area contributed by atoms with E-state index in [2.05, 4.69) is 19.2 Å². The van der Waals surface area contributed by atoms with Crippen LogP contribution in [0.2, 0.25) is 0 Å². The maximum absolute atomic E-state index is 11.6. The molecule has 0 aliphatic carbocycles. The lowest BCUT2D eigenvalue weighted by Gasteiger charge is -2.18. The van der Waals surface area contributed by atoms with Crippen molar-refractivity contribution in [3.8, 4) is 0 Å². The normalized spacial score (nSPS) is 12.6. The minimum atomic E-state index is 0.0851. The van der Waals surface area contributed by atoms with Crippen LogP contribution in [0.4, 0.5) is 0 Å². The van der Waals surface area contributed by atoms with Gasteiger partial charge in [0.2, 0.25) is 0 Å². The minimum absolute atomic E-state index is 0.0851. The molecule has 3 nitrogen and oxygen atoms in total. The van der Waals surface area contributed by atoms with Crippen LogP contribution in [0.25, 0.3) is 0 Å². The van der Waals surface area contributed by atoms with E-state index < -0.39 is 0 Å². The fourth-order valence-electron chi connectivity index (χ4n) is 1.80. The van der Waals surface area contributed by atoms with Crippen LogP contribution < -0.4 is 10.9 Å². The minimum Gasteiger partial charge on any atom is -0.314 e. The highest BCUT2D eigenvalue weighted by atomic mass is 16.1. The highest BCUT2D eigenvalue weighted by Crippen LogP contribution is 1.99. The van der Waals surface area contributed by atoms with Crippen LogP contribution in [0.3, 0.4) is 0 Å². The predicted molar refractivity (Wildman–Crippen MR) is 67.7 cm³/mol. The number of hydrogen-bond acceptors (Lipinski definition) is 2. The highest BCUT2D eigenvalue weighted by Gasteiger charge is 2.07. The van der Waals surface area contributed by atoms with Gasteiger partial charge in [0.15, 0.2) is 0 Å². The van der Waals surface area contributed by atoms with Crippen molar-refractivity contribution < 1.29 is 0 Å². The van der Waals surface area contributed by atoms with E-state index in [-0.39, 0.29) is 5.56 Å². The summed E-state index contributed by atoms with van der Waals surface area (Å²) in [7, 11) is 0. The molecule has 0 fully saturated rings. The van der Waals surface area contributed by atoms with Crippen LogP contribution in [0.1, 0.15) is 33.1 Å². The summed E-state index contributed by atoms with van der Waals surface area (Å²) in [5.41, 5.74) is 0.0851. The largest absolute Gasteiger partial charge is 0.314 e. The van der Waals surface area contributed by atoms with E-state index in [0.717, 1.165) is 32.4 Å². The molecule has 1 atom stereocenters. The number of nitrogens with zero attached hydrogens (tertiary/aromatic N) is 1. The molecule has 0 saturated heterocycles. The van der Waals surface area contributed by atoms with Gasteiger partial charge in [-0.25, -0.2) is 0 Å². The van der Waals surface area contributed by atoms with Crippen molar-refractivity contribution >= 4 is 0 Å². The van der Waals surface area contributed by atoms with Crippen LogP contribution in [0.5, 0.6) is 0 Å². The maximum atomic E-state index is 11.6. The number of aromatic nitrogens is 1. The van der Waals surface area contributed by atoms with Gasteiger partial charge in [-0.3, -0.25) is 4.79 Å². The SMILES string of the molecule is CCCNC(CCC)Cn1ccccc1=O. The molecule has 1 unspecified atom stereocenters. The first-order valence-corrected chi connectivity index (χ1v) is 6.16. The molecule has 0 amide bonds. The number of nitrogens with one attached hydrogen (secondary N) is 1. The Morgan fingerprint density at radius 2 is 2.12 bits per heavy atom. The molecule has 0 aliphatic heterocycles. The third-order valence-corrected chi connectivity index (χ3v) is 2.64. The van der Waals surface area contributed by atoms with E-state index in [9.17, 15) is 4.79 Å². The number of hydrogen-bond donors (Lipinski definition) is 1. The van der Waals surface area contributed by atoms with E-state index in [1.807, 2.05) is 12.3 Å². The first-order chi connectivity index (χ1) is 7.77. The Morgan fingerprint density at radius 3 is 2.75 bits per heavy atom. The van der Waals surface area contributed by atoms with Gasteiger partial charge in [0.05, 0.1) is 0 Å². The van der Waals surface area contributed by atoms with Gasteiger partial charge in [0.25, 0.3) is 5.56 Å². The molecule has 1 rings (SSSR count). The van der Waals surface area contributed by atoms with Gasteiger partial charge in [-0.2, -0.15) is 0 Å². The Balaban J connectivity index is 2.60. The monoisotopic (exact) mass is 222 g/mol. The van der Waals surface area contributed by atoms with Crippen molar-refractivity contribution in [1.82, 2.24) is 9.88 Å². The standard InChI is InChI=1S/C13H22N2O/c1-3-7-12(14-9-4-2)11-15-10-6-5-8-13(15)16/h5-6,8,10,12,14H,3-4,7,9,11H2,1-2H3. The van der Waals surface area contributed by atoms with E-state index in [1.54, 1.807) is 16.7 Å². The van der Waals surface area contributed by atoms with Gasteiger partial charge >= 0.3 is 0 Å². The van der Waals surface area contributed by atoms with Gasteiger partial charge in [0, 0.05) is 24.8 Å². The average Bonchev–Trinajstić information content (AvgIpc) is 2.29. The molecule has 90 valence electrons. The quantitative estimate of drug-likeness (QED) is 0.766. The van der Waals surface area contributed by atoms with Crippen LogP contribution in [-0.2, 0) is 6.54 Å². The van der Waals surface area contributed by atoms with Crippen molar-refractivity contribution in [1.29, 1.82) is 0 Å². The first kappa shape index (κ1) is 13.0. The van der Waals surface area contributed by atoms with Gasteiger partial charge in [-0.1, -0.05) is 26.3 Å². The lowest BCUT2D eigenvalue weighted by Crippen LogP contribution is -2.36. The van der Waals surface area contributed by atoms with E-state index in [0.29, 0.717) is 6.04 Å². The molecule has 0 aliphatic rings. The number of pyridine rings is 1. The summed E-state index contributed by atoms with van der Waals surface area (Å²) < 4.78 is 1.78.